The van der Waals surface area contributed by atoms with Gasteiger partial charge in [0.25, 0.3) is 0 Å². The monoisotopic (exact) mass is 293 g/mol. The molecule has 0 saturated carbocycles. The molecule has 0 amide bonds. The SMILES string of the molecule is CC(C)Oc1cccc(N2CCC(C)C(N)C2)c1[N+](=O)[O-]. The van der Waals surface area contributed by atoms with Crippen LogP contribution in [0.5, 0.6) is 5.75 Å². The van der Waals surface area contributed by atoms with Crippen LogP contribution in [-0.2, 0) is 0 Å². The zero-order valence-corrected chi connectivity index (χ0v) is 12.8. The maximum Gasteiger partial charge on any atom is 0.333 e. The number of benzene rings is 1. The summed E-state index contributed by atoms with van der Waals surface area (Å²) in [5, 5.41) is 11.5. The fourth-order valence-corrected chi connectivity index (χ4v) is 2.62. The highest BCUT2D eigenvalue weighted by atomic mass is 16.6. The van der Waals surface area contributed by atoms with Gasteiger partial charge in [-0.15, -0.1) is 0 Å². The van der Waals surface area contributed by atoms with Crippen molar-refractivity contribution in [3.63, 3.8) is 0 Å². The van der Waals surface area contributed by atoms with E-state index in [0.717, 1.165) is 13.0 Å². The first-order valence-corrected chi connectivity index (χ1v) is 7.34. The van der Waals surface area contributed by atoms with E-state index in [1.54, 1.807) is 18.2 Å². The summed E-state index contributed by atoms with van der Waals surface area (Å²) in [6.07, 6.45) is 0.829. The molecule has 6 nitrogen and oxygen atoms in total. The Morgan fingerprint density at radius 1 is 1.48 bits per heavy atom. The van der Waals surface area contributed by atoms with Crippen molar-refractivity contribution in [1.82, 2.24) is 0 Å². The lowest BCUT2D eigenvalue weighted by Crippen LogP contribution is -2.47. The number of nitro groups is 1. The van der Waals surface area contributed by atoms with E-state index < -0.39 is 0 Å². The molecule has 1 aliphatic heterocycles. The molecule has 2 atom stereocenters. The van der Waals surface area contributed by atoms with Crippen LogP contribution in [0, 0.1) is 16.0 Å². The van der Waals surface area contributed by atoms with Crippen molar-refractivity contribution in [2.75, 3.05) is 18.0 Å². The number of anilines is 1. The van der Waals surface area contributed by atoms with Gasteiger partial charge in [-0.25, -0.2) is 0 Å². The van der Waals surface area contributed by atoms with Crippen LogP contribution in [0.15, 0.2) is 18.2 Å². The van der Waals surface area contributed by atoms with Crippen molar-refractivity contribution in [2.45, 2.75) is 39.3 Å². The standard InChI is InChI=1S/C15H23N3O3/c1-10(2)21-14-6-4-5-13(15(14)18(19)20)17-8-7-11(3)12(16)9-17/h4-6,10-12H,7-9,16H2,1-3H3. The zero-order chi connectivity index (χ0) is 15.6. The first-order valence-electron chi connectivity index (χ1n) is 7.34. The number of rotatable bonds is 4. The number of hydrogen-bond acceptors (Lipinski definition) is 5. The van der Waals surface area contributed by atoms with Gasteiger partial charge in [-0.3, -0.25) is 10.1 Å². The summed E-state index contributed by atoms with van der Waals surface area (Å²) in [4.78, 5) is 13.1. The van der Waals surface area contributed by atoms with E-state index in [0.29, 0.717) is 23.9 Å². The van der Waals surface area contributed by atoms with Crippen LogP contribution >= 0.6 is 0 Å². The summed E-state index contributed by atoms with van der Waals surface area (Å²) < 4.78 is 5.59. The molecule has 1 saturated heterocycles. The molecule has 2 unspecified atom stereocenters. The van der Waals surface area contributed by atoms with Crippen molar-refractivity contribution < 1.29 is 9.66 Å². The van der Waals surface area contributed by atoms with E-state index in [-0.39, 0.29) is 22.8 Å². The minimum atomic E-state index is -0.364. The first-order chi connectivity index (χ1) is 9.90. The third-order valence-corrected chi connectivity index (χ3v) is 3.88. The minimum absolute atomic E-state index is 0.0351. The van der Waals surface area contributed by atoms with Crippen molar-refractivity contribution in [2.24, 2.45) is 11.7 Å². The highest BCUT2D eigenvalue weighted by molar-refractivity contribution is 5.70. The molecule has 0 aliphatic carbocycles. The number of piperidine rings is 1. The van der Waals surface area contributed by atoms with Crippen LogP contribution in [0.4, 0.5) is 11.4 Å². The highest BCUT2D eigenvalue weighted by Gasteiger charge is 2.30. The predicted octanol–water partition coefficient (Wildman–Crippen LogP) is 2.56. The minimum Gasteiger partial charge on any atom is -0.484 e. The Balaban J connectivity index is 2.36. The average Bonchev–Trinajstić information content (AvgIpc) is 2.40. The van der Waals surface area contributed by atoms with Crippen LogP contribution in [0.1, 0.15) is 27.2 Å². The van der Waals surface area contributed by atoms with E-state index in [1.807, 2.05) is 18.7 Å². The number of nitro benzene ring substituents is 1. The van der Waals surface area contributed by atoms with Crippen molar-refractivity contribution in [1.29, 1.82) is 0 Å². The fraction of sp³-hybridized carbons (Fsp3) is 0.600. The lowest BCUT2D eigenvalue weighted by Gasteiger charge is -2.36. The fourth-order valence-electron chi connectivity index (χ4n) is 2.62. The van der Waals surface area contributed by atoms with Gasteiger partial charge in [0.15, 0.2) is 5.75 Å². The van der Waals surface area contributed by atoms with Crippen LogP contribution in [0.3, 0.4) is 0 Å². The quantitative estimate of drug-likeness (QED) is 0.681. The van der Waals surface area contributed by atoms with Gasteiger partial charge in [0.1, 0.15) is 5.69 Å². The Morgan fingerprint density at radius 3 is 2.76 bits per heavy atom. The number of para-hydroxylation sites is 1. The maximum atomic E-state index is 11.5. The molecule has 2 N–H and O–H groups in total. The molecule has 0 bridgehead atoms. The van der Waals surface area contributed by atoms with Crippen molar-refractivity contribution in [3.8, 4) is 5.75 Å². The van der Waals surface area contributed by atoms with Crippen molar-refractivity contribution >= 4 is 11.4 Å². The van der Waals surface area contributed by atoms with Gasteiger partial charge in [-0.1, -0.05) is 13.0 Å². The Labute approximate surface area is 125 Å². The van der Waals surface area contributed by atoms with Gasteiger partial charge in [0, 0.05) is 19.1 Å². The lowest BCUT2D eigenvalue weighted by molar-refractivity contribution is -0.385. The second-order valence-corrected chi connectivity index (χ2v) is 5.92. The van der Waals surface area contributed by atoms with Gasteiger partial charge in [-0.2, -0.15) is 0 Å². The maximum absolute atomic E-state index is 11.5. The Morgan fingerprint density at radius 2 is 2.19 bits per heavy atom. The summed E-state index contributed by atoms with van der Waals surface area (Å²) in [7, 11) is 0. The third-order valence-electron chi connectivity index (χ3n) is 3.88. The van der Waals surface area contributed by atoms with Gasteiger partial charge in [0.05, 0.1) is 11.0 Å². The van der Waals surface area contributed by atoms with Crippen LogP contribution in [-0.4, -0.2) is 30.2 Å². The second-order valence-electron chi connectivity index (χ2n) is 5.92. The summed E-state index contributed by atoms with van der Waals surface area (Å²) in [6.45, 7) is 7.24. The molecule has 21 heavy (non-hydrogen) atoms. The number of nitrogens with two attached hydrogens (primary N) is 1. The molecular weight excluding hydrogens is 270 g/mol. The third kappa shape index (κ3) is 3.44. The molecule has 1 fully saturated rings. The number of ether oxygens (including phenoxy) is 1. The summed E-state index contributed by atoms with van der Waals surface area (Å²) in [6, 6.07) is 5.25. The van der Waals surface area contributed by atoms with Crippen LogP contribution in [0.2, 0.25) is 0 Å². The van der Waals surface area contributed by atoms with Gasteiger partial charge >= 0.3 is 5.69 Å². The predicted molar refractivity (Wildman–Crippen MR) is 82.8 cm³/mol. The Bertz CT molecular complexity index is 519. The normalized spacial score (nSPS) is 22.4. The molecule has 1 aromatic rings. The topological polar surface area (TPSA) is 81.6 Å². The molecular formula is C15H23N3O3. The van der Waals surface area contributed by atoms with Gasteiger partial charge in [0.2, 0.25) is 0 Å². The van der Waals surface area contributed by atoms with E-state index >= 15 is 0 Å². The first kappa shape index (κ1) is 15.6. The molecule has 1 heterocycles. The zero-order valence-electron chi connectivity index (χ0n) is 12.8. The molecule has 1 aliphatic rings. The summed E-state index contributed by atoms with van der Waals surface area (Å²) >= 11 is 0. The summed E-state index contributed by atoms with van der Waals surface area (Å²) in [5.74, 6) is 0.759. The molecule has 1 aromatic carbocycles. The number of hydrogen-bond donors (Lipinski definition) is 1. The Hall–Kier alpha value is -1.82. The molecule has 0 radical (unpaired) electrons. The number of nitrogens with zero attached hydrogens (tertiary/aromatic N) is 2. The molecule has 0 aromatic heterocycles. The van der Waals surface area contributed by atoms with E-state index in [1.165, 1.54) is 0 Å². The molecule has 0 spiro atoms. The molecule has 6 heteroatoms. The van der Waals surface area contributed by atoms with Gasteiger partial charge < -0.3 is 15.4 Å². The Kier molecular flexibility index (Phi) is 4.67. The van der Waals surface area contributed by atoms with Crippen LogP contribution < -0.4 is 15.4 Å². The lowest BCUT2D eigenvalue weighted by atomic mass is 9.94. The smallest absolute Gasteiger partial charge is 0.333 e. The van der Waals surface area contributed by atoms with E-state index in [9.17, 15) is 10.1 Å². The highest BCUT2D eigenvalue weighted by Crippen LogP contribution is 2.38. The second kappa shape index (κ2) is 6.30. The summed E-state index contributed by atoms with van der Waals surface area (Å²) in [5.41, 5.74) is 6.74. The average molecular weight is 293 g/mol. The largest absolute Gasteiger partial charge is 0.484 e. The molecule has 2 rings (SSSR count). The molecule has 116 valence electrons. The van der Waals surface area contributed by atoms with Crippen LogP contribution in [0.25, 0.3) is 0 Å². The van der Waals surface area contributed by atoms with E-state index in [2.05, 4.69) is 6.92 Å². The van der Waals surface area contributed by atoms with E-state index in [4.69, 9.17) is 10.5 Å². The van der Waals surface area contributed by atoms with Gasteiger partial charge in [-0.05, 0) is 38.3 Å². The van der Waals surface area contributed by atoms with Crippen molar-refractivity contribution in [3.05, 3.63) is 28.3 Å².